The largest absolute Gasteiger partial charge is 0.106 e. The van der Waals surface area contributed by atoms with Crippen molar-refractivity contribution >= 4 is 0 Å². The van der Waals surface area contributed by atoms with E-state index in [1.807, 2.05) is 13.8 Å². The fraction of sp³-hybridized carbons (Fsp3) is 0.900. The summed E-state index contributed by atoms with van der Waals surface area (Å²) in [6.45, 7) is 18.8. The second kappa shape index (κ2) is 13.7. The molecule has 0 saturated heterocycles. The van der Waals surface area contributed by atoms with Crippen molar-refractivity contribution in [3.63, 3.8) is 0 Å². The Morgan fingerprint density at radius 1 is 0.700 bits per heavy atom. The van der Waals surface area contributed by atoms with Gasteiger partial charge in [-0.3, -0.25) is 0 Å². The van der Waals surface area contributed by atoms with Crippen LogP contribution >= 0.6 is 0 Å². The molecule has 0 atom stereocenters. The summed E-state index contributed by atoms with van der Waals surface area (Å²) < 4.78 is 0. The Hall–Kier alpha value is -0.260. The fourth-order valence-corrected chi connectivity index (χ4v) is 2.96. The molecule has 2 aliphatic carbocycles. The highest BCUT2D eigenvalue weighted by Gasteiger charge is 2.22. The smallest absolute Gasteiger partial charge is 0.0411 e. The Bertz CT molecular complexity index is 155. The number of rotatable bonds is 2. The summed E-state index contributed by atoms with van der Waals surface area (Å²) >= 11 is 0. The van der Waals surface area contributed by atoms with Crippen LogP contribution in [0.3, 0.4) is 0 Å². The van der Waals surface area contributed by atoms with Gasteiger partial charge in [-0.15, -0.1) is 13.2 Å². The van der Waals surface area contributed by atoms with E-state index in [9.17, 15) is 0 Å². The lowest BCUT2D eigenvalue weighted by Crippen LogP contribution is -2.01. The summed E-state index contributed by atoms with van der Waals surface area (Å²) in [4.78, 5) is 0. The van der Waals surface area contributed by atoms with Crippen LogP contribution in [0.4, 0.5) is 0 Å². The van der Waals surface area contributed by atoms with Crippen molar-refractivity contribution < 1.29 is 0 Å². The van der Waals surface area contributed by atoms with Gasteiger partial charge in [0.05, 0.1) is 0 Å². The van der Waals surface area contributed by atoms with Gasteiger partial charge in [0.25, 0.3) is 0 Å². The van der Waals surface area contributed by atoms with Gasteiger partial charge >= 0.3 is 0 Å². The molecular weight excluding hydrogens is 240 g/mol. The molecule has 2 saturated carbocycles. The average Bonchev–Trinajstić information content (AvgIpc) is 3.06. The third-order valence-electron chi connectivity index (χ3n) is 3.62. The first-order chi connectivity index (χ1) is 9.45. The summed E-state index contributed by atoms with van der Waals surface area (Å²) in [6.07, 6.45) is 13.9. The number of hydrogen-bond donors (Lipinski definition) is 0. The molecule has 0 heterocycles. The van der Waals surface area contributed by atoms with Gasteiger partial charge in [-0.1, -0.05) is 92.9 Å². The molecule has 2 aliphatic rings. The first kappa shape index (κ1) is 22.0. The summed E-state index contributed by atoms with van der Waals surface area (Å²) in [5.41, 5.74) is 0.500. The van der Waals surface area contributed by atoms with Crippen LogP contribution in [0.2, 0.25) is 0 Å². The van der Waals surface area contributed by atoms with Crippen molar-refractivity contribution in [1.29, 1.82) is 0 Å². The third kappa shape index (κ3) is 15.8. The van der Waals surface area contributed by atoms with Crippen LogP contribution in [-0.2, 0) is 0 Å². The zero-order valence-electron chi connectivity index (χ0n) is 15.4. The predicted molar refractivity (Wildman–Crippen MR) is 96.3 cm³/mol. The Labute approximate surface area is 130 Å². The molecule has 0 aromatic carbocycles. The van der Waals surface area contributed by atoms with Crippen molar-refractivity contribution in [2.75, 3.05) is 0 Å². The molecule has 20 heavy (non-hydrogen) atoms. The predicted octanol–water partition coefficient (Wildman–Crippen LogP) is 7.64. The molecule has 0 nitrogen and oxygen atoms in total. The van der Waals surface area contributed by atoms with Crippen LogP contribution in [0, 0.1) is 17.3 Å². The molecule has 0 aromatic rings. The highest BCUT2D eigenvalue weighted by molar-refractivity contribution is 4.74. The molecule has 2 rings (SSSR count). The summed E-state index contributed by atoms with van der Waals surface area (Å²) in [7, 11) is 0. The minimum absolute atomic E-state index is 0.500. The van der Waals surface area contributed by atoms with Gasteiger partial charge in [0.15, 0.2) is 0 Å². The van der Waals surface area contributed by atoms with E-state index < -0.39 is 0 Å². The zero-order valence-corrected chi connectivity index (χ0v) is 15.4. The Kier molecular flexibility index (Phi) is 15.1. The first-order valence-corrected chi connectivity index (χ1v) is 8.95. The van der Waals surface area contributed by atoms with Crippen LogP contribution in [0.5, 0.6) is 0 Å². The van der Waals surface area contributed by atoms with E-state index in [0.29, 0.717) is 5.41 Å². The molecule has 0 N–H and O–H groups in total. The molecule has 0 unspecified atom stereocenters. The molecule has 0 aromatic heterocycles. The Morgan fingerprint density at radius 3 is 1.10 bits per heavy atom. The third-order valence-corrected chi connectivity index (χ3v) is 3.62. The van der Waals surface area contributed by atoms with E-state index in [1.54, 1.807) is 32.1 Å². The topological polar surface area (TPSA) is 0 Å². The number of hydrogen-bond acceptors (Lipinski definition) is 0. The molecule has 0 aliphatic heterocycles. The molecule has 0 heteroatoms. The van der Waals surface area contributed by atoms with E-state index in [2.05, 4.69) is 40.9 Å². The van der Waals surface area contributed by atoms with E-state index >= 15 is 0 Å². The van der Waals surface area contributed by atoms with Crippen molar-refractivity contribution in [2.24, 2.45) is 17.3 Å². The van der Waals surface area contributed by atoms with Gasteiger partial charge in [-0.2, -0.15) is 0 Å². The quantitative estimate of drug-likeness (QED) is 0.456. The monoisotopic (exact) mass is 282 g/mol. The van der Waals surface area contributed by atoms with E-state index in [0.717, 1.165) is 11.8 Å². The summed E-state index contributed by atoms with van der Waals surface area (Å²) in [5.74, 6) is 2.27. The van der Waals surface area contributed by atoms with Crippen molar-refractivity contribution in [3.8, 4) is 0 Å². The zero-order chi connectivity index (χ0) is 16.0. The average molecular weight is 283 g/mol. The van der Waals surface area contributed by atoms with Crippen LogP contribution in [0.25, 0.3) is 0 Å². The maximum Gasteiger partial charge on any atom is -0.0411 e. The SMILES string of the molecule is C1CCC(CC2CCCC2)C1.C=C.CC.CC(C)(C)C. The van der Waals surface area contributed by atoms with Crippen LogP contribution < -0.4 is 0 Å². The minimum atomic E-state index is 0.500. The van der Waals surface area contributed by atoms with E-state index in [-0.39, 0.29) is 0 Å². The van der Waals surface area contributed by atoms with Crippen molar-refractivity contribution in [3.05, 3.63) is 13.2 Å². The summed E-state index contributed by atoms with van der Waals surface area (Å²) in [6, 6.07) is 0. The van der Waals surface area contributed by atoms with Crippen LogP contribution in [-0.4, -0.2) is 0 Å². The lowest BCUT2D eigenvalue weighted by atomic mass is 9.92. The second-order valence-corrected chi connectivity index (χ2v) is 7.54. The minimum Gasteiger partial charge on any atom is -0.106 e. The lowest BCUT2D eigenvalue weighted by molar-refractivity contribution is 0.382. The Balaban J connectivity index is 0. The van der Waals surface area contributed by atoms with Crippen molar-refractivity contribution in [2.45, 2.75) is 99.3 Å². The van der Waals surface area contributed by atoms with E-state index in [4.69, 9.17) is 0 Å². The maximum absolute atomic E-state index is 3.00. The molecule has 0 bridgehead atoms. The molecule has 0 amide bonds. The second-order valence-electron chi connectivity index (χ2n) is 7.54. The molecule has 0 radical (unpaired) electrons. The lowest BCUT2D eigenvalue weighted by Gasteiger charge is -2.13. The van der Waals surface area contributed by atoms with Gasteiger partial charge in [0.2, 0.25) is 0 Å². The van der Waals surface area contributed by atoms with Crippen LogP contribution in [0.1, 0.15) is 99.3 Å². The summed E-state index contributed by atoms with van der Waals surface area (Å²) in [5, 5.41) is 0. The molecule has 0 spiro atoms. The fourth-order valence-electron chi connectivity index (χ4n) is 2.96. The molecular formula is C20H42. The molecule has 122 valence electrons. The Morgan fingerprint density at radius 2 is 0.900 bits per heavy atom. The van der Waals surface area contributed by atoms with Crippen LogP contribution in [0.15, 0.2) is 13.2 Å². The van der Waals surface area contributed by atoms with E-state index in [1.165, 1.54) is 25.7 Å². The van der Waals surface area contributed by atoms with Gasteiger partial charge in [0.1, 0.15) is 0 Å². The van der Waals surface area contributed by atoms with Gasteiger partial charge < -0.3 is 0 Å². The van der Waals surface area contributed by atoms with Gasteiger partial charge in [-0.05, 0) is 23.7 Å². The highest BCUT2D eigenvalue weighted by Crippen LogP contribution is 2.36. The van der Waals surface area contributed by atoms with Gasteiger partial charge in [0, 0.05) is 0 Å². The molecule has 2 fully saturated rings. The van der Waals surface area contributed by atoms with Crippen molar-refractivity contribution in [1.82, 2.24) is 0 Å². The maximum atomic E-state index is 3.00. The van der Waals surface area contributed by atoms with Gasteiger partial charge in [-0.25, -0.2) is 0 Å². The first-order valence-electron chi connectivity index (χ1n) is 8.95. The highest BCUT2D eigenvalue weighted by atomic mass is 14.3. The standard InChI is InChI=1S/C11H20.C5H12.C2H6.C2H4/c1-2-6-10(5-1)9-11-7-3-4-8-11;1-5(2,3)4;2*1-2/h10-11H,1-9H2;1-4H3;1-2H3;1-2H2. The normalized spacial score (nSPS) is 19.1.